The lowest BCUT2D eigenvalue weighted by atomic mass is 10.1. The van der Waals surface area contributed by atoms with Crippen LogP contribution in [0.15, 0.2) is 30.7 Å². The fraction of sp³-hybridized carbons (Fsp3) is 0.500. The molecule has 4 heterocycles. The molecule has 0 bridgehead atoms. The quantitative estimate of drug-likeness (QED) is 0.766. The smallest absolute Gasteiger partial charge is 0.254 e. The summed E-state index contributed by atoms with van der Waals surface area (Å²) in [6.45, 7) is 6.09. The summed E-state index contributed by atoms with van der Waals surface area (Å²) >= 11 is 0. The van der Waals surface area contributed by atoms with Crippen LogP contribution in [0.25, 0.3) is 0 Å². The first-order chi connectivity index (χ1) is 12.7. The Morgan fingerprint density at radius 2 is 2.08 bits per heavy atom. The van der Waals surface area contributed by atoms with Crippen molar-refractivity contribution in [2.24, 2.45) is 5.92 Å². The lowest BCUT2D eigenvalue weighted by Crippen LogP contribution is -2.43. The Kier molecular flexibility index (Phi) is 4.94. The number of ether oxygens (including phenoxy) is 1. The second-order valence-electron chi connectivity index (χ2n) is 6.83. The van der Waals surface area contributed by atoms with Crippen LogP contribution in [0.5, 0.6) is 0 Å². The second-order valence-corrected chi connectivity index (χ2v) is 6.83. The van der Waals surface area contributed by atoms with Crippen molar-refractivity contribution in [1.82, 2.24) is 24.3 Å². The zero-order chi connectivity index (χ0) is 17.9. The highest BCUT2D eigenvalue weighted by atomic mass is 19.1. The molecule has 0 saturated carbocycles. The standard InChI is InChI=1S/C18H22FN5O2/c19-16-9-15(1-2-20-16)18(25)24-12-14(10-22-5-7-26-8-6-22)11-23-4-3-21-17(23)13-24/h1-4,9,14H,5-8,10-13H2/t14-/m1/s1. The number of carbonyl (C=O) groups is 1. The molecule has 0 radical (unpaired) electrons. The number of imidazole rings is 1. The van der Waals surface area contributed by atoms with Crippen LogP contribution >= 0.6 is 0 Å². The average Bonchev–Trinajstić information content (AvgIpc) is 3.00. The van der Waals surface area contributed by atoms with E-state index in [9.17, 15) is 9.18 Å². The number of hydrogen-bond acceptors (Lipinski definition) is 5. The third kappa shape index (κ3) is 3.76. The van der Waals surface area contributed by atoms with E-state index in [1.165, 1.54) is 12.3 Å². The molecule has 2 aromatic rings. The number of aromatic nitrogens is 3. The lowest BCUT2D eigenvalue weighted by Gasteiger charge is -2.31. The van der Waals surface area contributed by atoms with Gasteiger partial charge in [0, 0.05) is 68.9 Å². The predicted octanol–water partition coefficient (Wildman–Crippen LogP) is 1.02. The number of morpholine rings is 1. The van der Waals surface area contributed by atoms with Gasteiger partial charge >= 0.3 is 0 Å². The number of hydrogen-bond donors (Lipinski definition) is 0. The van der Waals surface area contributed by atoms with E-state index in [0.29, 0.717) is 18.7 Å². The zero-order valence-electron chi connectivity index (χ0n) is 14.6. The Balaban J connectivity index is 1.54. The van der Waals surface area contributed by atoms with E-state index in [1.807, 2.05) is 6.20 Å². The predicted molar refractivity (Wildman–Crippen MR) is 91.9 cm³/mol. The molecule has 0 spiro atoms. The molecule has 4 rings (SSSR count). The van der Waals surface area contributed by atoms with Gasteiger partial charge < -0.3 is 14.2 Å². The summed E-state index contributed by atoms with van der Waals surface area (Å²) in [5.74, 6) is 0.309. The molecule has 2 aliphatic heterocycles. The molecule has 7 nitrogen and oxygen atoms in total. The molecule has 1 fully saturated rings. The summed E-state index contributed by atoms with van der Waals surface area (Å²) in [5, 5.41) is 0. The van der Waals surface area contributed by atoms with Gasteiger partial charge in [0.05, 0.1) is 19.8 Å². The topological polar surface area (TPSA) is 63.5 Å². The van der Waals surface area contributed by atoms with Crippen molar-refractivity contribution in [3.63, 3.8) is 0 Å². The number of rotatable bonds is 3. The van der Waals surface area contributed by atoms with E-state index < -0.39 is 5.95 Å². The largest absolute Gasteiger partial charge is 0.379 e. The normalized spacial score (nSPS) is 21.3. The molecule has 1 saturated heterocycles. The van der Waals surface area contributed by atoms with E-state index in [4.69, 9.17) is 4.74 Å². The molecule has 1 amide bonds. The van der Waals surface area contributed by atoms with Crippen LogP contribution in [0.3, 0.4) is 0 Å². The first-order valence-electron chi connectivity index (χ1n) is 8.90. The van der Waals surface area contributed by atoms with Crippen molar-refractivity contribution < 1.29 is 13.9 Å². The number of pyridine rings is 1. The van der Waals surface area contributed by atoms with Crippen molar-refractivity contribution >= 4 is 5.91 Å². The first kappa shape index (κ1) is 17.1. The van der Waals surface area contributed by atoms with E-state index in [2.05, 4.69) is 19.4 Å². The maximum absolute atomic E-state index is 13.4. The number of fused-ring (bicyclic) bond motifs is 1. The van der Waals surface area contributed by atoms with Crippen LogP contribution < -0.4 is 0 Å². The van der Waals surface area contributed by atoms with Crippen LogP contribution in [0.1, 0.15) is 16.2 Å². The maximum Gasteiger partial charge on any atom is 0.254 e. The Morgan fingerprint density at radius 1 is 1.23 bits per heavy atom. The lowest BCUT2D eigenvalue weighted by molar-refractivity contribution is 0.0263. The van der Waals surface area contributed by atoms with Gasteiger partial charge in [-0.2, -0.15) is 4.39 Å². The number of amides is 1. The Morgan fingerprint density at radius 3 is 2.88 bits per heavy atom. The Hall–Kier alpha value is -2.32. The number of nitrogens with zero attached hydrogens (tertiary/aromatic N) is 5. The van der Waals surface area contributed by atoms with Crippen LogP contribution in [-0.2, 0) is 17.8 Å². The van der Waals surface area contributed by atoms with E-state index in [-0.39, 0.29) is 11.8 Å². The van der Waals surface area contributed by atoms with E-state index >= 15 is 0 Å². The summed E-state index contributed by atoms with van der Waals surface area (Å²) in [4.78, 5) is 25.0. The van der Waals surface area contributed by atoms with Crippen LogP contribution in [0.4, 0.5) is 4.39 Å². The molecule has 0 aliphatic carbocycles. The van der Waals surface area contributed by atoms with Crippen molar-refractivity contribution in [2.45, 2.75) is 13.1 Å². The molecule has 1 atom stereocenters. The van der Waals surface area contributed by atoms with Gasteiger partial charge in [-0.3, -0.25) is 9.69 Å². The van der Waals surface area contributed by atoms with Gasteiger partial charge in [-0.1, -0.05) is 0 Å². The summed E-state index contributed by atoms with van der Waals surface area (Å²) in [6.07, 6.45) is 5.05. The van der Waals surface area contributed by atoms with Crippen LogP contribution in [0.2, 0.25) is 0 Å². The molecule has 8 heteroatoms. The fourth-order valence-electron chi connectivity index (χ4n) is 3.68. The minimum Gasteiger partial charge on any atom is -0.379 e. The third-order valence-corrected chi connectivity index (χ3v) is 4.95. The van der Waals surface area contributed by atoms with Gasteiger partial charge in [0.2, 0.25) is 5.95 Å². The molecule has 26 heavy (non-hydrogen) atoms. The molecule has 2 aromatic heterocycles. The molecule has 0 N–H and O–H groups in total. The molecule has 0 unspecified atom stereocenters. The molecular weight excluding hydrogens is 337 g/mol. The van der Waals surface area contributed by atoms with Crippen LogP contribution in [0, 0.1) is 11.9 Å². The Labute approximate surface area is 151 Å². The highest BCUT2D eigenvalue weighted by Crippen LogP contribution is 2.19. The van der Waals surface area contributed by atoms with Gasteiger partial charge in [-0.05, 0) is 6.07 Å². The summed E-state index contributed by atoms with van der Waals surface area (Å²) in [5.41, 5.74) is 0.322. The molecule has 138 valence electrons. The van der Waals surface area contributed by atoms with Gasteiger partial charge in [0.1, 0.15) is 5.82 Å². The summed E-state index contributed by atoms with van der Waals surface area (Å²) in [7, 11) is 0. The summed E-state index contributed by atoms with van der Waals surface area (Å²) < 4.78 is 21.0. The van der Waals surface area contributed by atoms with Crippen LogP contribution in [-0.4, -0.2) is 69.6 Å². The average molecular weight is 359 g/mol. The van der Waals surface area contributed by atoms with Gasteiger partial charge in [-0.15, -0.1) is 0 Å². The van der Waals surface area contributed by atoms with E-state index in [0.717, 1.165) is 45.2 Å². The number of halogens is 1. The minimum absolute atomic E-state index is 0.185. The van der Waals surface area contributed by atoms with Crippen molar-refractivity contribution in [3.8, 4) is 0 Å². The Bertz CT molecular complexity index is 774. The summed E-state index contributed by atoms with van der Waals surface area (Å²) in [6, 6.07) is 2.75. The fourth-order valence-corrected chi connectivity index (χ4v) is 3.68. The number of carbonyl (C=O) groups excluding carboxylic acids is 1. The van der Waals surface area contributed by atoms with Crippen molar-refractivity contribution in [2.75, 3.05) is 39.4 Å². The molecule has 2 aliphatic rings. The molecule has 0 aromatic carbocycles. The molecular formula is C18H22FN5O2. The van der Waals surface area contributed by atoms with Gasteiger partial charge in [-0.25, -0.2) is 9.97 Å². The zero-order valence-corrected chi connectivity index (χ0v) is 14.6. The highest BCUT2D eigenvalue weighted by molar-refractivity contribution is 5.94. The second kappa shape index (κ2) is 7.51. The minimum atomic E-state index is -0.642. The monoisotopic (exact) mass is 359 g/mol. The van der Waals surface area contributed by atoms with Crippen molar-refractivity contribution in [3.05, 3.63) is 48.1 Å². The highest BCUT2D eigenvalue weighted by Gasteiger charge is 2.28. The first-order valence-corrected chi connectivity index (χ1v) is 8.90. The van der Waals surface area contributed by atoms with Gasteiger partial charge in [0.25, 0.3) is 5.91 Å². The SMILES string of the molecule is O=C(c1ccnc(F)c1)N1Cc2nccn2C[C@@H](CN2CCOCC2)C1. The maximum atomic E-state index is 13.4. The van der Waals surface area contributed by atoms with Crippen molar-refractivity contribution in [1.29, 1.82) is 0 Å². The van der Waals surface area contributed by atoms with Gasteiger partial charge in [0.15, 0.2) is 0 Å². The third-order valence-electron chi connectivity index (χ3n) is 4.95. The van der Waals surface area contributed by atoms with E-state index in [1.54, 1.807) is 17.2 Å².